The number of aromatic nitrogens is 3. The zero-order valence-corrected chi connectivity index (χ0v) is 11.3. The first-order valence-electron chi connectivity index (χ1n) is 5.19. The van der Waals surface area contributed by atoms with Crippen LogP contribution in [-0.2, 0) is 6.54 Å². The molecule has 2 aromatic rings. The van der Waals surface area contributed by atoms with Crippen molar-refractivity contribution in [2.45, 2.75) is 6.54 Å². The summed E-state index contributed by atoms with van der Waals surface area (Å²) in [4.78, 5) is 12.1. The molecular formula is C11H12BrN5O. The highest BCUT2D eigenvalue weighted by molar-refractivity contribution is 9.10. The minimum absolute atomic E-state index is 0.403. The van der Waals surface area contributed by atoms with E-state index in [2.05, 4.69) is 36.2 Å². The number of anilines is 2. The van der Waals surface area contributed by atoms with Crippen molar-refractivity contribution >= 4 is 27.6 Å². The second-order valence-corrected chi connectivity index (χ2v) is 4.28. The molecule has 7 heteroatoms. The molecule has 0 saturated carbocycles. The van der Waals surface area contributed by atoms with E-state index in [0.717, 1.165) is 5.56 Å². The molecule has 0 spiro atoms. The zero-order chi connectivity index (χ0) is 13.0. The Hall–Kier alpha value is -1.89. The van der Waals surface area contributed by atoms with Crippen LogP contribution in [0.5, 0.6) is 5.88 Å². The maximum Gasteiger partial charge on any atom is 0.212 e. The molecule has 3 N–H and O–H groups in total. The topological polar surface area (TPSA) is 86.0 Å². The van der Waals surface area contributed by atoms with Gasteiger partial charge < -0.3 is 15.8 Å². The largest absolute Gasteiger partial charge is 0.481 e. The van der Waals surface area contributed by atoms with Crippen LogP contribution in [0.1, 0.15) is 5.56 Å². The average Bonchev–Trinajstić information content (AvgIpc) is 2.41. The Morgan fingerprint density at radius 3 is 2.83 bits per heavy atom. The molecule has 0 atom stereocenters. The molecule has 2 rings (SSSR count). The molecule has 0 aliphatic rings. The Morgan fingerprint density at radius 2 is 2.17 bits per heavy atom. The van der Waals surface area contributed by atoms with Gasteiger partial charge in [0.25, 0.3) is 0 Å². The van der Waals surface area contributed by atoms with Crippen LogP contribution in [0.4, 0.5) is 11.6 Å². The van der Waals surface area contributed by atoms with E-state index in [1.807, 2.05) is 6.07 Å². The third-order valence-corrected chi connectivity index (χ3v) is 3.06. The van der Waals surface area contributed by atoms with Crippen molar-refractivity contribution in [2.75, 3.05) is 18.2 Å². The third-order valence-electron chi connectivity index (χ3n) is 2.28. The van der Waals surface area contributed by atoms with Crippen LogP contribution in [0.25, 0.3) is 0 Å². The summed E-state index contributed by atoms with van der Waals surface area (Å²) in [5, 5.41) is 3.15. The van der Waals surface area contributed by atoms with Crippen molar-refractivity contribution < 1.29 is 4.74 Å². The quantitative estimate of drug-likeness (QED) is 0.896. The molecule has 0 aliphatic carbocycles. The summed E-state index contributed by atoms with van der Waals surface area (Å²) in [6.07, 6.45) is 3.15. The van der Waals surface area contributed by atoms with Crippen LogP contribution in [0, 0.1) is 0 Å². The van der Waals surface area contributed by atoms with Crippen LogP contribution in [-0.4, -0.2) is 22.1 Å². The predicted molar refractivity (Wildman–Crippen MR) is 72.3 cm³/mol. The van der Waals surface area contributed by atoms with E-state index >= 15 is 0 Å². The van der Waals surface area contributed by atoms with E-state index in [1.165, 1.54) is 6.33 Å². The number of methoxy groups -OCH3 is 1. The fourth-order valence-corrected chi connectivity index (χ4v) is 1.67. The molecule has 94 valence electrons. The van der Waals surface area contributed by atoms with Crippen molar-refractivity contribution in [1.82, 2.24) is 15.0 Å². The second kappa shape index (κ2) is 5.63. The van der Waals surface area contributed by atoms with E-state index in [0.29, 0.717) is 28.5 Å². The van der Waals surface area contributed by atoms with E-state index in [9.17, 15) is 0 Å². The Bertz CT molecular complexity index is 531. The molecular weight excluding hydrogens is 298 g/mol. The van der Waals surface area contributed by atoms with E-state index in [4.69, 9.17) is 10.5 Å². The number of nitrogens with one attached hydrogen (secondary N) is 1. The third kappa shape index (κ3) is 2.86. The highest BCUT2D eigenvalue weighted by atomic mass is 79.9. The van der Waals surface area contributed by atoms with Crippen molar-refractivity contribution in [2.24, 2.45) is 0 Å². The number of pyridine rings is 1. The van der Waals surface area contributed by atoms with Gasteiger partial charge in [-0.05, 0) is 21.5 Å². The Kier molecular flexibility index (Phi) is 3.93. The lowest BCUT2D eigenvalue weighted by Gasteiger charge is -2.08. The summed E-state index contributed by atoms with van der Waals surface area (Å²) in [7, 11) is 1.58. The average molecular weight is 310 g/mol. The molecule has 0 saturated heterocycles. The molecule has 0 unspecified atom stereocenters. The van der Waals surface area contributed by atoms with E-state index in [-0.39, 0.29) is 0 Å². The number of nitrogen functional groups attached to an aromatic ring is 1. The minimum Gasteiger partial charge on any atom is -0.481 e. The van der Waals surface area contributed by atoms with Gasteiger partial charge in [-0.15, -0.1) is 0 Å². The summed E-state index contributed by atoms with van der Waals surface area (Å²) in [5.74, 6) is 1.64. The van der Waals surface area contributed by atoms with Gasteiger partial charge in [-0.25, -0.2) is 15.0 Å². The van der Waals surface area contributed by atoms with Crippen molar-refractivity contribution in [3.05, 3.63) is 34.7 Å². The molecule has 0 fully saturated rings. The molecule has 0 amide bonds. The maximum atomic E-state index is 5.66. The highest BCUT2D eigenvalue weighted by Crippen LogP contribution is 2.24. The van der Waals surface area contributed by atoms with Crippen LogP contribution in [0.2, 0.25) is 0 Å². The Labute approximate surface area is 113 Å². The SMILES string of the molecule is COc1ccc(CNc2ncnc(N)c2Br)cn1. The van der Waals surface area contributed by atoms with Gasteiger partial charge in [0.1, 0.15) is 22.4 Å². The summed E-state index contributed by atoms with van der Waals surface area (Å²) >= 11 is 3.33. The normalized spacial score (nSPS) is 10.1. The lowest BCUT2D eigenvalue weighted by molar-refractivity contribution is 0.397. The van der Waals surface area contributed by atoms with Crippen LogP contribution < -0.4 is 15.8 Å². The number of hydrogen-bond acceptors (Lipinski definition) is 6. The van der Waals surface area contributed by atoms with Gasteiger partial charge in [-0.3, -0.25) is 0 Å². The zero-order valence-electron chi connectivity index (χ0n) is 9.72. The standard InChI is InChI=1S/C11H12BrN5O/c1-18-8-3-2-7(4-14-8)5-15-11-9(12)10(13)16-6-17-11/h2-4,6H,5H2,1H3,(H3,13,15,16,17). The number of ether oxygens (including phenoxy) is 1. The number of halogens is 1. The first kappa shape index (κ1) is 12.6. The first-order chi connectivity index (χ1) is 8.70. The fraction of sp³-hybridized carbons (Fsp3) is 0.182. The van der Waals surface area contributed by atoms with Gasteiger partial charge in [0.05, 0.1) is 7.11 Å². The lowest BCUT2D eigenvalue weighted by atomic mass is 10.3. The van der Waals surface area contributed by atoms with Gasteiger partial charge in [-0.1, -0.05) is 6.07 Å². The van der Waals surface area contributed by atoms with Crippen LogP contribution in [0.15, 0.2) is 29.1 Å². The maximum absolute atomic E-state index is 5.66. The lowest BCUT2D eigenvalue weighted by Crippen LogP contribution is -2.05. The Morgan fingerprint density at radius 1 is 1.33 bits per heavy atom. The molecule has 2 heterocycles. The van der Waals surface area contributed by atoms with Crippen LogP contribution >= 0.6 is 15.9 Å². The smallest absolute Gasteiger partial charge is 0.212 e. The summed E-state index contributed by atoms with van der Waals surface area (Å²) in [6, 6.07) is 3.73. The number of nitrogens with zero attached hydrogens (tertiary/aromatic N) is 3. The summed E-state index contributed by atoms with van der Waals surface area (Å²) in [5.41, 5.74) is 6.67. The van der Waals surface area contributed by atoms with Gasteiger partial charge in [0.15, 0.2) is 0 Å². The van der Waals surface area contributed by atoms with Gasteiger partial charge in [0, 0.05) is 18.8 Å². The van der Waals surface area contributed by atoms with Crippen molar-refractivity contribution in [3.8, 4) is 5.88 Å². The molecule has 0 bridgehead atoms. The monoisotopic (exact) mass is 309 g/mol. The summed E-state index contributed by atoms with van der Waals surface area (Å²) in [6.45, 7) is 0.589. The van der Waals surface area contributed by atoms with Crippen molar-refractivity contribution in [3.63, 3.8) is 0 Å². The minimum atomic E-state index is 0.403. The summed E-state index contributed by atoms with van der Waals surface area (Å²) < 4.78 is 5.65. The molecule has 18 heavy (non-hydrogen) atoms. The molecule has 0 aliphatic heterocycles. The van der Waals surface area contributed by atoms with Gasteiger partial charge >= 0.3 is 0 Å². The van der Waals surface area contributed by atoms with Crippen molar-refractivity contribution in [1.29, 1.82) is 0 Å². The Balaban J connectivity index is 2.04. The van der Waals surface area contributed by atoms with Gasteiger partial charge in [-0.2, -0.15) is 0 Å². The van der Waals surface area contributed by atoms with Crippen LogP contribution in [0.3, 0.4) is 0 Å². The van der Waals surface area contributed by atoms with E-state index < -0.39 is 0 Å². The molecule has 0 radical (unpaired) electrons. The highest BCUT2D eigenvalue weighted by Gasteiger charge is 2.05. The predicted octanol–water partition coefficient (Wildman–Crippen LogP) is 1.84. The second-order valence-electron chi connectivity index (χ2n) is 3.48. The fourth-order valence-electron chi connectivity index (χ4n) is 1.33. The number of hydrogen-bond donors (Lipinski definition) is 2. The molecule has 2 aromatic heterocycles. The first-order valence-corrected chi connectivity index (χ1v) is 5.98. The molecule has 0 aromatic carbocycles. The van der Waals surface area contributed by atoms with Gasteiger partial charge in [0.2, 0.25) is 5.88 Å². The number of nitrogens with two attached hydrogens (primary N) is 1. The molecule has 6 nitrogen and oxygen atoms in total. The van der Waals surface area contributed by atoms with E-state index in [1.54, 1.807) is 19.4 Å². The number of rotatable bonds is 4.